The van der Waals surface area contributed by atoms with Crippen LogP contribution in [-0.4, -0.2) is 60.6 Å². The molecule has 0 amide bonds. The number of nitrogens with one attached hydrogen (secondary N) is 1. The third-order valence-corrected chi connectivity index (χ3v) is 6.41. The van der Waals surface area contributed by atoms with Gasteiger partial charge in [0.15, 0.2) is 0 Å². The minimum absolute atomic E-state index is 0. The van der Waals surface area contributed by atoms with Gasteiger partial charge in [0.05, 0.1) is 5.69 Å². The van der Waals surface area contributed by atoms with Gasteiger partial charge in [-0.15, -0.1) is 48.6 Å². The highest BCUT2D eigenvalue weighted by atomic mass is 35.5. The molecule has 4 rings (SSSR count). The van der Waals surface area contributed by atoms with E-state index in [1.165, 1.54) is 57.7 Å². The standard InChI is InChI=1S/C20H27FN4S.3ClH/c21-18-3-1-17(2-4-18)20-23-19(15-26-20)14-25-11-9-24(10-12-25)13-16-5-7-22-8-6-16;;;/h1-4,15-16,22H,5-14H2;3*1H. The Morgan fingerprint density at radius 1 is 0.966 bits per heavy atom. The number of piperazine rings is 1. The van der Waals surface area contributed by atoms with E-state index < -0.39 is 0 Å². The summed E-state index contributed by atoms with van der Waals surface area (Å²) in [6.45, 7) is 9.12. The second-order valence-corrected chi connectivity index (χ2v) is 8.28. The van der Waals surface area contributed by atoms with Gasteiger partial charge in [-0.2, -0.15) is 0 Å². The molecular formula is C20H30Cl3FN4S. The van der Waals surface area contributed by atoms with E-state index in [-0.39, 0.29) is 43.0 Å². The maximum Gasteiger partial charge on any atom is 0.123 e. The zero-order chi connectivity index (χ0) is 17.8. The molecule has 164 valence electrons. The van der Waals surface area contributed by atoms with Gasteiger partial charge < -0.3 is 10.2 Å². The zero-order valence-corrected chi connectivity index (χ0v) is 19.7. The van der Waals surface area contributed by atoms with Crippen LogP contribution in [0.3, 0.4) is 0 Å². The van der Waals surface area contributed by atoms with Crippen LogP contribution >= 0.6 is 48.6 Å². The molecule has 1 N–H and O–H groups in total. The molecule has 1 aromatic heterocycles. The van der Waals surface area contributed by atoms with Crippen molar-refractivity contribution in [2.24, 2.45) is 5.92 Å². The van der Waals surface area contributed by atoms with E-state index in [2.05, 4.69) is 20.5 Å². The summed E-state index contributed by atoms with van der Waals surface area (Å²) >= 11 is 1.64. The monoisotopic (exact) mass is 482 g/mol. The summed E-state index contributed by atoms with van der Waals surface area (Å²) in [6, 6.07) is 6.60. The summed E-state index contributed by atoms with van der Waals surface area (Å²) in [6.07, 6.45) is 2.65. The normalized spacial score (nSPS) is 18.4. The Hall–Kier alpha value is -0.470. The molecule has 4 nitrogen and oxygen atoms in total. The Bertz CT molecular complexity index is 702. The van der Waals surface area contributed by atoms with Crippen molar-refractivity contribution in [3.05, 3.63) is 41.2 Å². The Labute approximate surface area is 195 Å². The Morgan fingerprint density at radius 3 is 2.24 bits per heavy atom. The van der Waals surface area contributed by atoms with Crippen molar-refractivity contribution in [3.63, 3.8) is 0 Å². The Morgan fingerprint density at radius 2 is 1.59 bits per heavy atom. The molecule has 1 aromatic carbocycles. The molecule has 2 fully saturated rings. The van der Waals surface area contributed by atoms with Crippen LogP contribution < -0.4 is 5.32 Å². The SMILES string of the molecule is Cl.Cl.Cl.Fc1ccc(-c2nc(CN3CCN(CC4CCNCC4)CC3)cs2)cc1. The van der Waals surface area contributed by atoms with Gasteiger partial charge in [0.1, 0.15) is 10.8 Å². The number of thiazole rings is 1. The fraction of sp³-hybridized carbons (Fsp3) is 0.550. The van der Waals surface area contributed by atoms with Gasteiger partial charge in [0.2, 0.25) is 0 Å². The predicted molar refractivity (Wildman–Crippen MR) is 127 cm³/mol. The van der Waals surface area contributed by atoms with E-state index in [1.54, 1.807) is 23.5 Å². The van der Waals surface area contributed by atoms with E-state index in [0.717, 1.165) is 41.8 Å². The van der Waals surface area contributed by atoms with E-state index in [1.807, 2.05) is 0 Å². The molecule has 2 aromatic rings. The highest BCUT2D eigenvalue weighted by molar-refractivity contribution is 7.13. The smallest absolute Gasteiger partial charge is 0.123 e. The van der Waals surface area contributed by atoms with Gasteiger partial charge in [-0.3, -0.25) is 4.90 Å². The molecule has 0 aliphatic carbocycles. The largest absolute Gasteiger partial charge is 0.317 e. The van der Waals surface area contributed by atoms with Crippen LogP contribution in [0, 0.1) is 11.7 Å². The molecule has 3 heterocycles. The van der Waals surface area contributed by atoms with Crippen molar-refractivity contribution in [3.8, 4) is 10.6 Å². The highest BCUT2D eigenvalue weighted by Crippen LogP contribution is 2.24. The number of benzene rings is 1. The van der Waals surface area contributed by atoms with Crippen molar-refractivity contribution in [2.45, 2.75) is 19.4 Å². The second kappa shape index (κ2) is 13.1. The lowest BCUT2D eigenvalue weighted by Gasteiger charge is -2.37. The molecule has 0 radical (unpaired) electrons. The molecule has 0 atom stereocenters. The molecule has 29 heavy (non-hydrogen) atoms. The van der Waals surface area contributed by atoms with E-state index >= 15 is 0 Å². The van der Waals surface area contributed by atoms with Crippen LogP contribution in [0.15, 0.2) is 29.6 Å². The Balaban J connectivity index is 0.00000140. The second-order valence-electron chi connectivity index (χ2n) is 7.42. The lowest BCUT2D eigenvalue weighted by molar-refractivity contribution is 0.106. The zero-order valence-electron chi connectivity index (χ0n) is 16.4. The first-order chi connectivity index (χ1) is 12.8. The maximum atomic E-state index is 13.1. The van der Waals surface area contributed by atoms with E-state index in [0.29, 0.717) is 0 Å². The first-order valence-corrected chi connectivity index (χ1v) is 10.5. The summed E-state index contributed by atoms with van der Waals surface area (Å²) in [5.41, 5.74) is 2.12. The molecule has 0 saturated carbocycles. The van der Waals surface area contributed by atoms with Crippen LogP contribution in [-0.2, 0) is 6.54 Å². The van der Waals surface area contributed by atoms with Gasteiger partial charge >= 0.3 is 0 Å². The van der Waals surface area contributed by atoms with Crippen molar-refractivity contribution >= 4 is 48.6 Å². The molecule has 2 saturated heterocycles. The molecular weight excluding hydrogens is 454 g/mol. The van der Waals surface area contributed by atoms with Gasteiger partial charge in [0, 0.05) is 50.2 Å². The van der Waals surface area contributed by atoms with Gasteiger partial charge in [-0.05, 0) is 56.1 Å². The number of hydrogen-bond donors (Lipinski definition) is 1. The first kappa shape index (κ1) is 26.6. The number of hydrogen-bond acceptors (Lipinski definition) is 5. The summed E-state index contributed by atoms with van der Waals surface area (Å²) in [4.78, 5) is 9.89. The van der Waals surface area contributed by atoms with Crippen molar-refractivity contribution < 1.29 is 4.39 Å². The summed E-state index contributed by atoms with van der Waals surface area (Å²) in [5.74, 6) is 0.674. The molecule has 9 heteroatoms. The Kier molecular flexibility index (Phi) is 12.0. The van der Waals surface area contributed by atoms with Gasteiger partial charge in [-0.1, -0.05) is 0 Å². The average molecular weight is 484 g/mol. The van der Waals surface area contributed by atoms with Crippen LogP contribution in [0.1, 0.15) is 18.5 Å². The molecule has 2 aliphatic heterocycles. The van der Waals surface area contributed by atoms with E-state index in [9.17, 15) is 4.39 Å². The molecule has 2 aliphatic rings. The van der Waals surface area contributed by atoms with Gasteiger partial charge in [0.25, 0.3) is 0 Å². The van der Waals surface area contributed by atoms with Gasteiger partial charge in [-0.25, -0.2) is 9.37 Å². The molecule has 0 bridgehead atoms. The summed E-state index contributed by atoms with van der Waals surface area (Å²) < 4.78 is 13.1. The van der Waals surface area contributed by atoms with Crippen LogP contribution in [0.5, 0.6) is 0 Å². The number of rotatable bonds is 5. The maximum absolute atomic E-state index is 13.1. The van der Waals surface area contributed by atoms with Crippen molar-refractivity contribution in [2.75, 3.05) is 45.8 Å². The average Bonchev–Trinajstić information content (AvgIpc) is 3.13. The third-order valence-electron chi connectivity index (χ3n) is 5.47. The minimum Gasteiger partial charge on any atom is -0.317 e. The summed E-state index contributed by atoms with van der Waals surface area (Å²) in [5, 5.41) is 6.57. The lowest BCUT2D eigenvalue weighted by Crippen LogP contribution is -2.48. The third kappa shape index (κ3) is 7.62. The number of nitrogens with zero attached hydrogens (tertiary/aromatic N) is 3. The lowest BCUT2D eigenvalue weighted by atomic mass is 9.97. The van der Waals surface area contributed by atoms with Crippen LogP contribution in [0.4, 0.5) is 4.39 Å². The van der Waals surface area contributed by atoms with Crippen molar-refractivity contribution in [1.29, 1.82) is 0 Å². The summed E-state index contributed by atoms with van der Waals surface area (Å²) in [7, 11) is 0. The van der Waals surface area contributed by atoms with Crippen LogP contribution in [0.25, 0.3) is 10.6 Å². The number of piperidine rings is 1. The topological polar surface area (TPSA) is 31.4 Å². The quantitative estimate of drug-likeness (QED) is 0.686. The number of aromatic nitrogens is 1. The molecule has 0 unspecified atom stereocenters. The fourth-order valence-electron chi connectivity index (χ4n) is 3.89. The van der Waals surface area contributed by atoms with Crippen LogP contribution in [0.2, 0.25) is 0 Å². The van der Waals surface area contributed by atoms with E-state index in [4.69, 9.17) is 4.98 Å². The fourth-order valence-corrected chi connectivity index (χ4v) is 4.71. The predicted octanol–water partition coefficient (Wildman–Crippen LogP) is 4.33. The first-order valence-electron chi connectivity index (χ1n) is 9.62. The number of halogens is 4. The minimum atomic E-state index is -0.201. The molecule has 0 spiro atoms. The highest BCUT2D eigenvalue weighted by Gasteiger charge is 2.21. The van der Waals surface area contributed by atoms with Crippen molar-refractivity contribution in [1.82, 2.24) is 20.1 Å².